The molecule has 0 aliphatic carbocycles. The van der Waals surface area contributed by atoms with E-state index in [1.165, 1.54) is 12.0 Å². The highest BCUT2D eigenvalue weighted by atomic mass is 16.3. The minimum absolute atomic E-state index is 0.809. The number of furan rings is 1. The second kappa shape index (κ2) is 5.40. The van der Waals surface area contributed by atoms with E-state index >= 15 is 0 Å². The quantitative estimate of drug-likeness (QED) is 0.819. The number of benzene rings is 1. The van der Waals surface area contributed by atoms with Crippen LogP contribution in [0.15, 0.2) is 47.3 Å². The molecule has 0 amide bonds. The maximum atomic E-state index is 5.01. The first-order valence-electron chi connectivity index (χ1n) is 5.72. The van der Waals surface area contributed by atoms with Gasteiger partial charge in [0.1, 0.15) is 0 Å². The van der Waals surface area contributed by atoms with E-state index < -0.39 is 0 Å². The fraction of sp³-hybridized carbons (Fsp3) is 0.286. The van der Waals surface area contributed by atoms with Gasteiger partial charge in [-0.1, -0.05) is 25.5 Å². The van der Waals surface area contributed by atoms with E-state index in [0.717, 1.165) is 24.2 Å². The van der Waals surface area contributed by atoms with Gasteiger partial charge in [-0.05, 0) is 30.2 Å². The Balaban J connectivity index is 1.90. The lowest BCUT2D eigenvalue weighted by Gasteiger charge is -2.05. The van der Waals surface area contributed by atoms with Crippen LogP contribution in [0.3, 0.4) is 0 Å². The Bertz CT molecular complexity index is 403. The number of aryl methyl sites for hydroxylation is 1. The monoisotopic (exact) mass is 215 g/mol. The van der Waals surface area contributed by atoms with Crippen molar-refractivity contribution in [1.82, 2.24) is 0 Å². The second-order valence-corrected chi connectivity index (χ2v) is 3.93. The fourth-order valence-corrected chi connectivity index (χ4v) is 1.68. The molecule has 2 rings (SSSR count). The highest BCUT2D eigenvalue weighted by molar-refractivity contribution is 5.45. The number of rotatable bonds is 5. The van der Waals surface area contributed by atoms with Crippen LogP contribution >= 0.6 is 0 Å². The van der Waals surface area contributed by atoms with Crippen LogP contribution in [0.4, 0.5) is 5.69 Å². The van der Waals surface area contributed by atoms with E-state index in [2.05, 4.69) is 36.5 Å². The van der Waals surface area contributed by atoms with Crippen LogP contribution in [0.2, 0.25) is 0 Å². The molecular weight excluding hydrogens is 198 g/mol. The first-order chi connectivity index (χ1) is 7.88. The molecule has 0 saturated carbocycles. The highest BCUT2D eigenvalue weighted by Crippen LogP contribution is 2.12. The second-order valence-electron chi connectivity index (χ2n) is 3.93. The molecule has 0 fully saturated rings. The third kappa shape index (κ3) is 2.89. The molecule has 0 saturated heterocycles. The van der Waals surface area contributed by atoms with Gasteiger partial charge in [0.2, 0.25) is 0 Å². The van der Waals surface area contributed by atoms with Crippen LogP contribution in [0, 0.1) is 0 Å². The van der Waals surface area contributed by atoms with Crippen molar-refractivity contribution in [2.45, 2.75) is 26.3 Å². The van der Waals surface area contributed by atoms with E-state index in [1.807, 2.05) is 6.07 Å². The first-order valence-corrected chi connectivity index (χ1v) is 5.72. The smallest absolute Gasteiger partial charge is 0.0952 e. The lowest BCUT2D eigenvalue weighted by atomic mass is 10.1. The summed E-state index contributed by atoms with van der Waals surface area (Å²) in [5.41, 5.74) is 3.72. The summed E-state index contributed by atoms with van der Waals surface area (Å²) in [6, 6.07) is 10.6. The van der Waals surface area contributed by atoms with Crippen molar-refractivity contribution in [3.05, 3.63) is 54.0 Å². The molecule has 0 spiro atoms. The molecule has 0 bridgehead atoms. The molecule has 0 unspecified atom stereocenters. The molecule has 0 aliphatic rings. The molecule has 1 heterocycles. The maximum absolute atomic E-state index is 5.01. The Labute approximate surface area is 96.3 Å². The summed E-state index contributed by atoms with van der Waals surface area (Å²) in [6.07, 6.45) is 5.81. The lowest BCUT2D eigenvalue weighted by molar-refractivity contribution is 0.564. The molecule has 0 aliphatic heterocycles. The van der Waals surface area contributed by atoms with Crippen LogP contribution in [0.1, 0.15) is 24.5 Å². The van der Waals surface area contributed by atoms with Crippen molar-refractivity contribution >= 4 is 5.69 Å². The number of hydrogen-bond donors (Lipinski definition) is 1. The van der Waals surface area contributed by atoms with Crippen LogP contribution in [0.5, 0.6) is 0 Å². The third-order valence-corrected chi connectivity index (χ3v) is 2.57. The SMILES string of the molecule is CCCc1ccc(NCc2ccoc2)cc1. The maximum Gasteiger partial charge on any atom is 0.0952 e. The van der Waals surface area contributed by atoms with E-state index in [9.17, 15) is 0 Å². The summed E-state index contributed by atoms with van der Waals surface area (Å²) in [5.74, 6) is 0. The molecule has 0 atom stereocenters. The zero-order chi connectivity index (χ0) is 11.2. The van der Waals surface area contributed by atoms with Gasteiger partial charge in [0.25, 0.3) is 0 Å². The van der Waals surface area contributed by atoms with E-state index in [1.54, 1.807) is 12.5 Å². The Morgan fingerprint density at radius 1 is 1.06 bits per heavy atom. The first kappa shape index (κ1) is 10.8. The zero-order valence-corrected chi connectivity index (χ0v) is 9.57. The summed E-state index contributed by atoms with van der Waals surface area (Å²) in [7, 11) is 0. The summed E-state index contributed by atoms with van der Waals surface area (Å²) >= 11 is 0. The van der Waals surface area contributed by atoms with Crippen molar-refractivity contribution in [1.29, 1.82) is 0 Å². The molecule has 1 aromatic heterocycles. The van der Waals surface area contributed by atoms with Crippen LogP contribution in [0.25, 0.3) is 0 Å². The summed E-state index contributed by atoms with van der Waals surface area (Å²) in [5, 5.41) is 3.36. The molecular formula is C14H17NO. The standard InChI is InChI=1S/C14H17NO/c1-2-3-12-4-6-14(7-5-12)15-10-13-8-9-16-11-13/h4-9,11,15H,2-3,10H2,1H3. The molecule has 2 nitrogen and oxygen atoms in total. The van der Waals surface area contributed by atoms with Crippen LogP contribution < -0.4 is 5.32 Å². The van der Waals surface area contributed by atoms with Gasteiger partial charge in [-0.2, -0.15) is 0 Å². The molecule has 84 valence electrons. The highest BCUT2D eigenvalue weighted by Gasteiger charge is 1.96. The molecule has 16 heavy (non-hydrogen) atoms. The molecule has 1 N–H and O–H groups in total. The van der Waals surface area contributed by atoms with E-state index in [0.29, 0.717) is 0 Å². The van der Waals surface area contributed by atoms with Crippen LogP contribution in [-0.2, 0) is 13.0 Å². The minimum Gasteiger partial charge on any atom is -0.472 e. The number of anilines is 1. The van der Waals surface area contributed by atoms with Gasteiger partial charge < -0.3 is 9.73 Å². The van der Waals surface area contributed by atoms with Crippen molar-refractivity contribution in [3.8, 4) is 0 Å². The average Bonchev–Trinajstić information content (AvgIpc) is 2.82. The Morgan fingerprint density at radius 2 is 1.88 bits per heavy atom. The average molecular weight is 215 g/mol. The van der Waals surface area contributed by atoms with Gasteiger partial charge in [-0.25, -0.2) is 0 Å². The van der Waals surface area contributed by atoms with Gasteiger partial charge in [-0.15, -0.1) is 0 Å². The zero-order valence-electron chi connectivity index (χ0n) is 9.57. The Morgan fingerprint density at radius 3 is 2.50 bits per heavy atom. The number of nitrogens with one attached hydrogen (secondary N) is 1. The lowest BCUT2D eigenvalue weighted by Crippen LogP contribution is -1.97. The van der Waals surface area contributed by atoms with Crippen molar-refractivity contribution in [3.63, 3.8) is 0 Å². The molecule has 2 aromatic rings. The van der Waals surface area contributed by atoms with E-state index in [4.69, 9.17) is 4.42 Å². The van der Waals surface area contributed by atoms with Crippen LogP contribution in [-0.4, -0.2) is 0 Å². The van der Waals surface area contributed by atoms with Crippen molar-refractivity contribution in [2.24, 2.45) is 0 Å². The normalized spacial score (nSPS) is 10.3. The Hall–Kier alpha value is -1.70. The summed E-state index contributed by atoms with van der Waals surface area (Å²) in [6.45, 7) is 3.01. The van der Waals surface area contributed by atoms with Crippen molar-refractivity contribution in [2.75, 3.05) is 5.32 Å². The van der Waals surface area contributed by atoms with Gasteiger partial charge in [0, 0.05) is 17.8 Å². The molecule has 1 aromatic carbocycles. The third-order valence-electron chi connectivity index (χ3n) is 2.57. The Kier molecular flexibility index (Phi) is 3.65. The van der Waals surface area contributed by atoms with Gasteiger partial charge in [0.15, 0.2) is 0 Å². The van der Waals surface area contributed by atoms with E-state index in [-0.39, 0.29) is 0 Å². The van der Waals surface area contributed by atoms with Gasteiger partial charge in [0.05, 0.1) is 12.5 Å². The topological polar surface area (TPSA) is 25.2 Å². The van der Waals surface area contributed by atoms with Crippen molar-refractivity contribution < 1.29 is 4.42 Å². The van der Waals surface area contributed by atoms with Gasteiger partial charge in [-0.3, -0.25) is 0 Å². The van der Waals surface area contributed by atoms with Gasteiger partial charge >= 0.3 is 0 Å². The predicted octanol–water partition coefficient (Wildman–Crippen LogP) is 3.84. The molecule has 2 heteroatoms. The molecule has 0 radical (unpaired) electrons. The summed E-state index contributed by atoms with van der Waals surface area (Å²) < 4.78 is 5.01. The predicted molar refractivity (Wildman–Crippen MR) is 66.5 cm³/mol. The largest absolute Gasteiger partial charge is 0.472 e. The fourth-order valence-electron chi connectivity index (χ4n) is 1.68. The number of hydrogen-bond acceptors (Lipinski definition) is 2. The minimum atomic E-state index is 0.809. The summed E-state index contributed by atoms with van der Waals surface area (Å²) in [4.78, 5) is 0.